The molecule has 10 heteroatoms. The van der Waals surface area contributed by atoms with Gasteiger partial charge in [-0.1, -0.05) is 88.4 Å². The van der Waals surface area contributed by atoms with Gasteiger partial charge in [-0.2, -0.15) is 0 Å². The number of aliphatic hydroxyl groups excluding tert-OH is 1. The number of hydrogen-bond donors (Lipinski definition) is 3. The van der Waals surface area contributed by atoms with E-state index in [0.29, 0.717) is 64.6 Å². The molecule has 0 aromatic heterocycles. The number of nitrogens with one attached hydrogen (secondary N) is 2. The number of carbonyl (C=O) groups is 5. The number of piperidine rings is 1. The van der Waals surface area contributed by atoms with Crippen LogP contribution in [0.3, 0.4) is 0 Å². The van der Waals surface area contributed by atoms with E-state index in [2.05, 4.69) is 10.6 Å². The van der Waals surface area contributed by atoms with Crippen LogP contribution in [0.4, 0.5) is 0 Å². The Morgan fingerprint density at radius 3 is 1.89 bits per heavy atom. The highest BCUT2D eigenvalue weighted by Crippen LogP contribution is 2.30. The van der Waals surface area contributed by atoms with Crippen LogP contribution in [0.25, 0.3) is 0 Å². The van der Waals surface area contributed by atoms with Crippen molar-refractivity contribution in [3.05, 3.63) is 71.8 Å². The second-order valence-corrected chi connectivity index (χ2v) is 16.3. The van der Waals surface area contributed by atoms with Crippen LogP contribution in [-0.4, -0.2) is 89.2 Å². The van der Waals surface area contributed by atoms with Crippen LogP contribution < -0.4 is 10.6 Å². The molecular formula is C43H61N3O7. The van der Waals surface area contributed by atoms with Gasteiger partial charge in [0.25, 0.3) is 0 Å². The van der Waals surface area contributed by atoms with Crippen molar-refractivity contribution >= 4 is 29.2 Å². The monoisotopic (exact) mass is 731 g/mol. The van der Waals surface area contributed by atoms with Gasteiger partial charge in [-0.05, 0) is 74.8 Å². The standard InChI is InChI=1S/C43H61N3O7/c1-29(2)22-37(44-41(51)33(17-16-31-12-8-6-9-13-31)25-36(48)27-46-20-18-35(47)19-21-46)39(49)26-34(24-32-14-10-7-11-15-32)42(52)45-38(23-30(3)4)40(50)43(5)28-53-43/h6-15,29-30,33-35,37-38,47H,16-28H2,1-5H3,(H,44,51)(H,45,52)/t33-,34-,37+,38+,43-/m1/s1. The van der Waals surface area contributed by atoms with Gasteiger partial charge in [-0.25, -0.2) is 0 Å². The van der Waals surface area contributed by atoms with Gasteiger partial charge in [-0.3, -0.25) is 28.9 Å². The molecule has 2 amide bonds. The average molecular weight is 732 g/mol. The summed E-state index contributed by atoms with van der Waals surface area (Å²) in [7, 11) is 0. The number of rotatable bonds is 22. The molecule has 2 aromatic carbocycles. The molecule has 2 aliphatic rings. The Morgan fingerprint density at radius 2 is 1.32 bits per heavy atom. The summed E-state index contributed by atoms with van der Waals surface area (Å²) < 4.78 is 5.43. The Morgan fingerprint density at radius 1 is 0.792 bits per heavy atom. The van der Waals surface area contributed by atoms with Crippen LogP contribution in [-0.2, 0) is 41.6 Å². The zero-order chi connectivity index (χ0) is 38.5. The van der Waals surface area contributed by atoms with E-state index in [-0.39, 0.29) is 66.5 Å². The highest BCUT2D eigenvalue weighted by molar-refractivity contribution is 5.98. The summed E-state index contributed by atoms with van der Waals surface area (Å²) in [5.41, 5.74) is 1.04. The Hall–Kier alpha value is -3.73. The predicted molar refractivity (Wildman–Crippen MR) is 205 cm³/mol. The quantitative estimate of drug-likeness (QED) is 0.145. The van der Waals surface area contributed by atoms with Crippen LogP contribution in [0, 0.1) is 23.7 Å². The Bertz CT molecular complexity index is 1500. The van der Waals surface area contributed by atoms with E-state index in [1.165, 1.54) is 0 Å². The minimum absolute atomic E-state index is 0.0445. The Labute approximate surface area is 315 Å². The van der Waals surface area contributed by atoms with E-state index in [4.69, 9.17) is 4.74 Å². The molecule has 0 bridgehead atoms. The Kier molecular flexibility index (Phi) is 15.9. The number of amides is 2. The maximum absolute atomic E-state index is 14.2. The van der Waals surface area contributed by atoms with E-state index >= 15 is 0 Å². The van der Waals surface area contributed by atoms with Crippen molar-refractivity contribution in [2.45, 2.75) is 116 Å². The van der Waals surface area contributed by atoms with Crippen molar-refractivity contribution in [2.24, 2.45) is 23.7 Å². The SMILES string of the molecule is CC(C)C[C@H](NC(=O)[C@H](CCc1ccccc1)CC(=O)CN1CCC(O)CC1)C(=O)C[C@@H](Cc1ccccc1)C(=O)N[C@@H](CC(C)C)C(=O)[C@@]1(C)CO1. The number of aliphatic hydroxyl groups is 1. The fourth-order valence-electron chi connectivity index (χ4n) is 7.16. The van der Waals surface area contributed by atoms with Crippen LogP contribution in [0.1, 0.15) is 90.7 Å². The zero-order valence-electron chi connectivity index (χ0n) is 32.4. The molecule has 0 radical (unpaired) electrons. The number of ketones is 3. The second-order valence-electron chi connectivity index (χ2n) is 16.3. The molecule has 4 rings (SSSR count). The van der Waals surface area contributed by atoms with Crippen molar-refractivity contribution in [1.82, 2.24) is 15.5 Å². The molecule has 2 aliphatic heterocycles. The number of benzene rings is 2. The number of likely N-dealkylation sites (tertiary alicyclic amines) is 1. The summed E-state index contributed by atoms with van der Waals surface area (Å²) >= 11 is 0. The maximum atomic E-state index is 14.2. The van der Waals surface area contributed by atoms with Gasteiger partial charge in [0, 0.05) is 37.8 Å². The summed E-state index contributed by atoms with van der Waals surface area (Å²) in [6.07, 6.45) is 2.99. The summed E-state index contributed by atoms with van der Waals surface area (Å²) in [5, 5.41) is 15.9. The molecule has 290 valence electrons. The van der Waals surface area contributed by atoms with Gasteiger partial charge < -0.3 is 20.5 Å². The fourth-order valence-corrected chi connectivity index (χ4v) is 7.16. The largest absolute Gasteiger partial charge is 0.393 e. The van der Waals surface area contributed by atoms with Gasteiger partial charge in [-0.15, -0.1) is 0 Å². The first kappa shape index (κ1) is 42.0. The van der Waals surface area contributed by atoms with Gasteiger partial charge in [0.2, 0.25) is 11.8 Å². The summed E-state index contributed by atoms with van der Waals surface area (Å²) in [6.45, 7) is 11.5. The van der Waals surface area contributed by atoms with Gasteiger partial charge in [0.15, 0.2) is 11.6 Å². The topological polar surface area (TPSA) is 145 Å². The lowest BCUT2D eigenvalue weighted by Crippen LogP contribution is -2.50. The summed E-state index contributed by atoms with van der Waals surface area (Å²) in [6, 6.07) is 17.7. The molecule has 2 fully saturated rings. The third kappa shape index (κ3) is 13.9. The van der Waals surface area contributed by atoms with Crippen molar-refractivity contribution in [3.8, 4) is 0 Å². The van der Waals surface area contributed by atoms with E-state index in [0.717, 1.165) is 11.1 Å². The van der Waals surface area contributed by atoms with Crippen molar-refractivity contribution in [1.29, 1.82) is 0 Å². The molecule has 0 spiro atoms. The molecular weight excluding hydrogens is 670 g/mol. The highest BCUT2D eigenvalue weighted by Gasteiger charge is 2.50. The number of carbonyl (C=O) groups excluding carboxylic acids is 5. The van der Waals surface area contributed by atoms with Gasteiger partial charge >= 0.3 is 0 Å². The molecule has 2 saturated heterocycles. The molecule has 3 N–H and O–H groups in total. The van der Waals surface area contributed by atoms with Crippen molar-refractivity contribution in [2.75, 3.05) is 26.2 Å². The number of epoxide rings is 1. The summed E-state index contributed by atoms with van der Waals surface area (Å²) in [4.78, 5) is 71.1. The first-order chi connectivity index (χ1) is 25.2. The van der Waals surface area contributed by atoms with Crippen LogP contribution in [0.5, 0.6) is 0 Å². The lowest BCUT2D eigenvalue weighted by molar-refractivity contribution is -0.135. The number of Topliss-reactive ketones (excluding diaryl/α,β-unsaturated/α-hetero) is 3. The lowest BCUT2D eigenvalue weighted by atomic mass is 9.87. The van der Waals surface area contributed by atoms with Crippen LogP contribution in [0.15, 0.2) is 60.7 Å². The zero-order valence-corrected chi connectivity index (χ0v) is 32.4. The molecule has 2 aromatic rings. The number of aryl methyl sites for hydroxylation is 1. The van der Waals surface area contributed by atoms with Crippen molar-refractivity contribution < 1.29 is 33.8 Å². The predicted octanol–water partition coefficient (Wildman–Crippen LogP) is 4.89. The molecule has 0 unspecified atom stereocenters. The normalized spacial score (nSPS) is 20.0. The molecule has 2 heterocycles. The lowest BCUT2D eigenvalue weighted by Gasteiger charge is -2.29. The minimum atomic E-state index is -0.904. The third-order valence-corrected chi connectivity index (χ3v) is 10.4. The first-order valence-corrected chi connectivity index (χ1v) is 19.5. The van der Waals surface area contributed by atoms with Crippen molar-refractivity contribution in [3.63, 3.8) is 0 Å². The fraction of sp³-hybridized carbons (Fsp3) is 0.605. The Balaban J connectivity index is 1.51. The van der Waals surface area contributed by atoms with E-state index < -0.39 is 29.5 Å². The van der Waals surface area contributed by atoms with E-state index in [9.17, 15) is 29.1 Å². The van der Waals surface area contributed by atoms with E-state index in [1.54, 1.807) is 6.92 Å². The average Bonchev–Trinajstić information content (AvgIpc) is 3.88. The van der Waals surface area contributed by atoms with Gasteiger partial charge in [0.1, 0.15) is 11.4 Å². The summed E-state index contributed by atoms with van der Waals surface area (Å²) in [5.74, 6) is -2.39. The number of nitrogens with zero attached hydrogens (tertiary/aromatic N) is 1. The minimum Gasteiger partial charge on any atom is -0.393 e. The second kappa shape index (κ2) is 20.1. The highest BCUT2D eigenvalue weighted by atomic mass is 16.6. The smallest absolute Gasteiger partial charge is 0.224 e. The number of ether oxygens (including phenoxy) is 1. The van der Waals surface area contributed by atoms with E-state index in [1.807, 2.05) is 93.3 Å². The molecule has 5 atom stereocenters. The third-order valence-electron chi connectivity index (χ3n) is 10.4. The maximum Gasteiger partial charge on any atom is 0.224 e. The van der Waals surface area contributed by atoms with Crippen LogP contribution >= 0.6 is 0 Å². The van der Waals surface area contributed by atoms with Gasteiger partial charge in [0.05, 0.1) is 31.3 Å². The molecule has 53 heavy (non-hydrogen) atoms. The van der Waals surface area contributed by atoms with Crippen LogP contribution in [0.2, 0.25) is 0 Å². The first-order valence-electron chi connectivity index (χ1n) is 19.5. The number of hydrogen-bond acceptors (Lipinski definition) is 8. The molecule has 0 aliphatic carbocycles. The molecule has 0 saturated carbocycles. The molecule has 10 nitrogen and oxygen atoms in total.